The molecule has 0 atom stereocenters. The van der Waals surface area contributed by atoms with E-state index in [2.05, 4.69) is 46.9 Å². The van der Waals surface area contributed by atoms with Crippen LogP contribution in [0.3, 0.4) is 0 Å². The number of hydrogen-bond donors (Lipinski definition) is 3. The minimum absolute atomic E-state index is 0.0156. The lowest BCUT2D eigenvalue weighted by molar-refractivity contribution is -0.102. The summed E-state index contributed by atoms with van der Waals surface area (Å²) in [5.74, 6) is 0. The second-order valence-corrected chi connectivity index (χ2v) is 7.39. The van der Waals surface area contributed by atoms with Crippen molar-refractivity contribution in [3.8, 4) is 0 Å². The van der Waals surface area contributed by atoms with Crippen LogP contribution >= 0.6 is 0 Å². The first kappa shape index (κ1) is 19.2. The summed E-state index contributed by atoms with van der Waals surface area (Å²) in [6.45, 7) is 12.4. The van der Waals surface area contributed by atoms with Gasteiger partial charge in [0.25, 0.3) is 0 Å². The molecule has 5 heteroatoms. The molecule has 0 aromatic heterocycles. The van der Waals surface area contributed by atoms with Crippen LogP contribution in [-0.4, -0.2) is 34.5 Å². The highest BCUT2D eigenvalue weighted by Gasteiger charge is 2.20. The summed E-state index contributed by atoms with van der Waals surface area (Å²) in [6.07, 6.45) is 2.71. The monoisotopic (exact) mass is 288 g/mol. The molecular weight excluding hydrogens is 256 g/mol. The number of carboxylic acid groups (broad SMARTS) is 1. The molecule has 0 aromatic rings. The first-order valence-corrected chi connectivity index (χ1v) is 7.34. The molecule has 1 saturated carbocycles. The van der Waals surface area contributed by atoms with Gasteiger partial charge in [0.05, 0.1) is 11.2 Å². The van der Waals surface area contributed by atoms with Crippen molar-refractivity contribution in [3.05, 3.63) is 0 Å². The Bertz CT molecular complexity index is 272. The van der Waals surface area contributed by atoms with Gasteiger partial charge in [-0.3, -0.25) is 0 Å². The first-order valence-electron chi connectivity index (χ1n) is 7.34. The summed E-state index contributed by atoms with van der Waals surface area (Å²) in [7, 11) is 0. The van der Waals surface area contributed by atoms with Gasteiger partial charge in [0.15, 0.2) is 0 Å². The van der Waals surface area contributed by atoms with Gasteiger partial charge in [0.1, 0.15) is 0 Å². The molecule has 120 valence electrons. The van der Waals surface area contributed by atoms with Crippen LogP contribution in [0, 0.1) is 0 Å². The van der Waals surface area contributed by atoms with Crippen LogP contribution < -0.4 is 11.1 Å². The molecule has 4 N–H and O–H groups in total. The third-order valence-corrected chi connectivity index (χ3v) is 2.71. The first-order chi connectivity index (χ1) is 8.89. The minimum Gasteiger partial charge on any atom is -0.465 e. The summed E-state index contributed by atoms with van der Waals surface area (Å²) in [6, 6.07) is 0.411. The number of amides is 1. The van der Waals surface area contributed by atoms with E-state index in [1.54, 1.807) is 0 Å². The quantitative estimate of drug-likeness (QED) is 0.692. The molecule has 0 radical (unpaired) electrons. The van der Waals surface area contributed by atoms with E-state index < -0.39 is 6.09 Å². The van der Waals surface area contributed by atoms with Gasteiger partial charge in [0, 0.05) is 12.1 Å². The predicted molar refractivity (Wildman–Crippen MR) is 82.0 cm³/mol. The van der Waals surface area contributed by atoms with Crippen LogP contribution in [-0.2, 0) is 4.74 Å². The molecule has 0 unspecified atom stereocenters. The highest BCUT2D eigenvalue weighted by Crippen LogP contribution is 2.18. The fourth-order valence-corrected chi connectivity index (χ4v) is 2.36. The standard InChI is InChI=1S/C8H18O.C7H14N2O2/c1-7(2,3)9-8(4,5)6;8-5-1-3-6(4-2-5)9-7(10)11/h1-6H3;5-6,9H,1-4,8H2,(H,10,11). The van der Waals surface area contributed by atoms with Crippen molar-refractivity contribution in [1.29, 1.82) is 0 Å². The van der Waals surface area contributed by atoms with Crippen molar-refractivity contribution in [2.75, 3.05) is 0 Å². The minimum atomic E-state index is -0.925. The topological polar surface area (TPSA) is 84.6 Å². The Morgan fingerprint density at radius 2 is 1.45 bits per heavy atom. The van der Waals surface area contributed by atoms with Crippen LogP contribution in [0.5, 0.6) is 0 Å². The third kappa shape index (κ3) is 12.2. The molecule has 0 saturated heterocycles. The maximum atomic E-state index is 10.2. The van der Waals surface area contributed by atoms with Gasteiger partial charge in [0.2, 0.25) is 0 Å². The maximum Gasteiger partial charge on any atom is 0.404 e. The molecule has 1 fully saturated rings. The Morgan fingerprint density at radius 1 is 1.05 bits per heavy atom. The van der Waals surface area contributed by atoms with Crippen molar-refractivity contribution in [3.63, 3.8) is 0 Å². The van der Waals surface area contributed by atoms with Crippen molar-refractivity contribution in [2.24, 2.45) is 5.73 Å². The molecule has 1 rings (SSSR count). The van der Waals surface area contributed by atoms with Crippen LogP contribution in [0.2, 0.25) is 0 Å². The van der Waals surface area contributed by atoms with E-state index in [0.29, 0.717) is 0 Å². The van der Waals surface area contributed by atoms with Gasteiger partial charge in [-0.15, -0.1) is 0 Å². The Labute approximate surface area is 123 Å². The van der Waals surface area contributed by atoms with E-state index in [4.69, 9.17) is 15.6 Å². The van der Waals surface area contributed by atoms with Crippen molar-refractivity contribution in [2.45, 2.75) is 90.5 Å². The fourth-order valence-electron chi connectivity index (χ4n) is 2.36. The molecule has 0 bridgehead atoms. The van der Waals surface area contributed by atoms with Gasteiger partial charge in [-0.05, 0) is 67.2 Å². The van der Waals surface area contributed by atoms with Crippen LogP contribution in [0.1, 0.15) is 67.2 Å². The van der Waals surface area contributed by atoms with Crippen LogP contribution in [0.15, 0.2) is 0 Å². The Kier molecular flexibility index (Phi) is 7.52. The zero-order valence-corrected chi connectivity index (χ0v) is 13.8. The molecule has 0 aromatic carbocycles. The van der Waals surface area contributed by atoms with Gasteiger partial charge in [-0.1, -0.05) is 0 Å². The molecule has 5 nitrogen and oxygen atoms in total. The third-order valence-electron chi connectivity index (χ3n) is 2.71. The number of rotatable bonds is 1. The SMILES string of the molecule is CC(C)(C)OC(C)(C)C.NC1CCC(NC(=O)O)CC1. The van der Waals surface area contributed by atoms with E-state index in [9.17, 15) is 4.79 Å². The Morgan fingerprint density at radius 3 is 1.70 bits per heavy atom. The summed E-state index contributed by atoms with van der Waals surface area (Å²) in [5.41, 5.74) is 5.62. The summed E-state index contributed by atoms with van der Waals surface area (Å²) < 4.78 is 5.62. The van der Waals surface area contributed by atoms with Gasteiger partial charge in [-0.2, -0.15) is 0 Å². The highest BCUT2D eigenvalue weighted by atomic mass is 16.5. The highest BCUT2D eigenvalue weighted by molar-refractivity contribution is 5.64. The van der Waals surface area contributed by atoms with E-state index in [1.807, 2.05) is 0 Å². The van der Waals surface area contributed by atoms with E-state index in [-0.39, 0.29) is 23.3 Å². The largest absolute Gasteiger partial charge is 0.465 e. The Hall–Kier alpha value is -0.810. The number of hydrogen-bond acceptors (Lipinski definition) is 3. The zero-order valence-electron chi connectivity index (χ0n) is 13.8. The van der Waals surface area contributed by atoms with E-state index in [1.165, 1.54) is 0 Å². The van der Waals surface area contributed by atoms with E-state index >= 15 is 0 Å². The second-order valence-electron chi connectivity index (χ2n) is 7.39. The van der Waals surface area contributed by atoms with Crippen molar-refractivity contribution >= 4 is 6.09 Å². The number of nitrogens with one attached hydrogen (secondary N) is 1. The average molecular weight is 288 g/mol. The Balaban J connectivity index is 0.000000370. The lowest BCUT2D eigenvalue weighted by Gasteiger charge is -2.30. The molecule has 0 aliphatic heterocycles. The fraction of sp³-hybridized carbons (Fsp3) is 0.933. The average Bonchev–Trinajstić information content (AvgIpc) is 2.16. The lowest BCUT2D eigenvalue weighted by atomic mass is 9.92. The summed E-state index contributed by atoms with van der Waals surface area (Å²) in [5, 5.41) is 10.9. The molecule has 1 aliphatic carbocycles. The van der Waals surface area contributed by atoms with Gasteiger partial charge < -0.3 is 20.9 Å². The molecule has 20 heavy (non-hydrogen) atoms. The summed E-state index contributed by atoms with van der Waals surface area (Å²) >= 11 is 0. The van der Waals surface area contributed by atoms with Gasteiger partial charge in [-0.25, -0.2) is 4.79 Å². The second kappa shape index (κ2) is 7.84. The van der Waals surface area contributed by atoms with Crippen LogP contribution in [0.4, 0.5) is 4.79 Å². The smallest absolute Gasteiger partial charge is 0.404 e. The molecule has 1 amide bonds. The van der Waals surface area contributed by atoms with Crippen LogP contribution in [0.25, 0.3) is 0 Å². The number of carbonyl (C=O) groups is 1. The van der Waals surface area contributed by atoms with Crippen molar-refractivity contribution < 1.29 is 14.6 Å². The van der Waals surface area contributed by atoms with Gasteiger partial charge >= 0.3 is 6.09 Å². The molecule has 0 heterocycles. The molecular formula is C15H32N2O3. The number of nitrogens with two attached hydrogens (primary N) is 1. The van der Waals surface area contributed by atoms with E-state index in [0.717, 1.165) is 25.7 Å². The summed E-state index contributed by atoms with van der Waals surface area (Å²) in [4.78, 5) is 10.2. The maximum absolute atomic E-state index is 10.2. The van der Waals surface area contributed by atoms with Crippen molar-refractivity contribution in [1.82, 2.24) is 5.32 Å². The molecule has 0 spiro atoms. The number of ether oxygens (including phenoxy) is 1. The zero-order chi connectivity index (χ0) is 16.0. The predicted octanol–water partition coefficient (Wildman–Crippen LogP) is 3.12. The lowest BCUT2D eigenvalue weighted by Crippen LogP contribution is -2.39. The molecule has 1 aliphatic rings. The normalized spacial score (nSPS) is 23.6.